The van der Waals surface area contributed by atoms with E-state index in [2.05, 4.69) is 19.2 Å². The number of hydrogen-bond donors (Lipinski definition) is 1. The maximum Gasteiger partial charge on any atom is 0.150 e. The standard InChI is InChI=1S/C16H31NO3S/c1-4-10-17-16(15-9-8-12(2)20-15)13-6-5-7-14(11-13)21(3,18)19/h12-17H,4-11H2,1-3H3. The molecule has 124 valence electrons. The molecule has 5 unspecified atom stereocenters. The zero-order chi connectivity index (χ0) is 15.5. The van der Waals surface area contributed by atoms with Gasteiger partial charge in [-0.2, -0.15) is 0 Å². The summed E-state index contributed by atoms with van der Waals surface area (Å²) in [6, 6.07) is 0.319. The van der Waals surface area contributed by atoms with Gasteiger partial charge in [-0.3, -0.25) is 0 Å². The normalized spacial score (nSPS) is 35.8. The third-order valence-electron chi connectivity index (χ3n) is 5.08. The van der Waals surface area contributed by atoms with Crippen molar-refractivity contribution in [3.8, 4) is 0 Å². The molecule has 4 nitrogen and oxygen atoms in total. The average Bonchev–Trinajstić information content (AvgIpc) is 2.85. The Hall–Kier alpha value is -0.130. The topological polar surface area (TPSA) is 55.4 Å². The quantitative estimate of drug-likeness (QED) is 0.818. The molecule has 1 saturated heterocycles. The largest absolute Gasteiger partial charge is 0.374 e. The summed E-state index contributed by atoms with van der Waals surface area (Å²) >= 11 is 0. The van der Waals surface area contributed by atoms with Crippen molar-refractivity contribution in [3.05, 3.63) is 0 Å². The second kappa shape index (κ2) is 7.42. The Bertz CT molecular complexity index is 423. The van der Waals surface area contributed by atoms with Crippen LogP contribution in [0.4, 0.5) is 0 Å². The second-order valence-corrected chi connectivity index (χ2v) is 9.25. The number of ether oxygens (including phenoxy) is 1. The first-order chi connectivity index (χ1) is 9.91. The van der Waals surface area contributed by atoms with Gasteiger partial charge >= 0.3 is 0 Å². The molecule has 21 heavy (non-hydrogen) atoms. The van der Waals surface area contributed by atoms with E-state index in [4.69, 9.17) is 4.74 Å². The zero-order valence-electron chi connectivity index (χ0n) is 13.7. The zero-order valence-corrected chi connectivity index (χ0v) is 14.5. The average molecular weight is 317 g/mol. The molecule has 1 aliphatic carbocycles. The summed E-state index contributed by atoms with van der Waals surface area (Å²) in [6.45, 7) is 5.29. The van der Waals surface area contributed by atoms with Crippen molar-refractivity contribution in [1.29, 1.82) is 0 Å². The molecule has 2 fully saturated rings. The number of sulfone groups is 1. The molecule has 0 aromatic heterocycles. The minimum Gasteiger partial charge on any atom is -0.374 e. The van der Waals surface area contributed by atoms with E-state index in [0.717, 1.165) is 51.5 Å². The highest BCUT2D eigenvalue weighted by Gasteiger charge is 2.38. The summed E-state index contributed by atoms with van der Waals surface area (Å²) in [7, 11) is -2.92. The van der Waals surface area contributed by atoms with Crippen LogP contribution in [0.2, 0.25) is 0 Å². The Morgan fingerprint density at radius 2 is 2.00 bits per heavy atom. The van der Waals surface area contributed by atoms with Gasteiger partial charge in [-0.1, -0.05) is 13.3 Å². The summed E-state index contributed by atoms with van der Waals surface area (Å²) in [5, 5.41) is 3.50. The molecule has 0 aromatic carbocycles. The number of hydrogen-bond acceptors (Lipinski definition) is 4. The molecule has 0 bridgehead atoms. The molecule has 1 aliphatic heterocycles. The van der Waals surface area contributed by atoms with Gasteiger partial charge < -0.3 is 10.1 Å². The first kappa shape index (κ1) is 17.2. The predicted molar refractivity (Wildman–Crippen MR) is 86.2 cm³/mol. The molecule has 0 amide bonds. The van der Waals surface area contributed by atoms with Gasteiger partial charge in [-0.05, 0) is 57.9 Å². The van der Waals surface area contributed by atoms with Crippen LogP contribution in [0.15, 0.2) is 0 Å². The summed E-state index contributed by atoms with van der Waals surface area (Å²) < 4.78 is 29.9. The van der Waals surface area contributed by atoms with E-state index in [0.29, 0.717) is 18.1 Å². The Kier molecular flexibility index (Phi) is 6.09. The molecule has 1 N–H and O–H groups in total. The van der Waals surface area contributed by atoms with Crippen LogP contribution >= 0.6 is 0 Å². The van der Waals surface area contributed by atoms with Crippen LogP contribution in [-0.4, -0.2) is 44.7 Å². The van der Waals surface area contributed by atoms with Crippen LogP contribution in [0.3, 0.4) is 0 Å². The van der Waals surface area contributed by atoms with Crippen LogP contribution in [0.1, 0.15) is 58.8 Å². The Morgan fingerprint density at radius 3 is 2.57 bits per heavy atom. The van der Waals surface area contributed by atoms with Gasteiger partial charge in [0, 0.05) is 12.3 Å². The molecule has 2 rings (SSSR count). The Labute approximate surface area is 129 Å². The van der Waals surface area contributed by atoms with E-state index in [1.807, 2.05) is 0 Å². The second-order valence-electron chi connectivity index (χ2n) is 6.92. The smallest absolute Gasteiger partial charge is 0.150 e. The van der Waals surface area contributed by atoms with E-state index in [1.165, 1.54) is 6.26 Å². The highest BCUT2D eigenvalue weighted by atomic mass is 32.2. The SMILES string of the molecule is CCCNC(C1CCCC(S(C)(=O)=O)C1)C1CCC(C)O1. The van der Waals surface area contributed by atoms with Gasteiger partial charge in [0.25, 0.3) is 0 Å². The Morgan fingerprint density at radius 1 is 1.24 bits per heavy atom. The fourth-order valence-electron chi connectivity index (χ4n) is 3.91. The van der Waals surface area contributed by atoms with Crippen molar-refractivity contribution in [1.82, 2.24) is 5.32 Å². The summed E-state index contributed by atoms with van der Waals surface area (Å²) in [5.74, 6) is 0.431. The Balaban J connectivity index is 2.05. The molecule has 0 radical (unpaired) electrons. The molecule has 0 spiro atoms. The lowest BCUT2D eigenvalue weighted by atomic mass is 9.81. The van der Waals surface area contributed by atoms with Crippen molar-refractivity contribution < 1.29 is 13.2 Å². The van der Waals surface area contributed by atoms with E-state index < -0.39 is 9.84 Å². The van der Waals surface area contributed by atoms with Gasteiger partial charge in [-0.15, -0.1) is 0 Å². The van der Waals surface area contributed by atoms with E-state index in [1.54, 1.807) is 0 Å². The number of nitrogens with one attached hydrogen (secondary N) is 1. The first-order valence-electron chi connectivity index (χ1n) is 8.49. The van der Waals surface area contributed by atoms with Gasteiger partial charge in [0.1, 0.15) is 9.84 Å². The van der Waals surface area contributed by atoms with Crippen molar-refractivity contribution >= 4 is 9.84 Å². The van der Waals surface area contributed by atoms with Crippen LogP contribution in [0, 0.1) is 5.92 Å². The maximum absolute atomic E-state index is 11.9. The summed E-state index contributed by atoms with van der Waals surface area (Å²) in [4.78, 5) is 0. The van der Waals surface area contributed by atoms with Crippen LogP contribution in [0.25, 0.3) is 0 Å². The predicted octanol–water partition coefficient (Wildman–Crippen LogP) is 2.53. The molecule has 0 aromatic rings. The highest BCUT2D eigenvalue weighted by molar-refractivity contribution is 7.91. The molecular formula is C16H31NO3S. The van der Waals surface area contributed by atoms with Gasteiger partial charge in [0.2, 0.25) is 0 Å². The minimum absolute atomic E-state index is 0.152. The first-order valence-corrected chi connectivity index (χ1v) is 10.4. The van der Waals surface area contributed by atoms with E-state index >= 15 is 0 Å². The lowest BCUT2D eigenvalue weighted by Gasteiger charge is -2.37. The molecule has 1 heterocycles. The maximum atomic E-state index is 11.9. The third kappa shape index (κ3) is 4.67. The lowest BCUT2D eigenvalue weighted by Crippen LogP contribution is -2.48. The van der Waals surface area contributed by atoms with E-state index in [-0.39, 0.29) is 11.4 Å². The van der Waals surface area contributed by atoms with Gasteiger partial charge in [0.15, 0.2) is 0 Å². The third-order valence-corrected chi connectivity index (χ3v) is 6.71. The monoisotopic (exact) mass is 317 g/mol. The summed E-state index contributed by atoms with van der Waals surface area (Å²) in [5.41, 5.74) is 0. The molecule has 2 aliphatic rings. The van der Waals surface area contributed by atoms with Gasteiger partial charge in [-0.25, -0.2) is 8.42 Å². The highest BCUT2D eigenvalue weighted by Crippen LogP contribution is 2.35. The van der Waals surface area contributed by atoms with Crippen LogP contribution in [-0.2, 0) is 14.6 Å². The van der Waals surface area contributed by atoms with Crippen molar-refractivity contribution in [2.24, 2.45) is 5.92 Å². The lowest BCUT2D eigenvalue weighted by molar-refractivity contribution is 0.0122. The van der Waals surface area contributed by atoms with E-state index in [9.17, 15) is 8.42 Å². The van der Waals surface area contributed by atoms with Crippen molar-refractivity contribution in [2.45, 2.75) is 82.3 Å². The number of rotatable bonds is 6. The van der Waals surface area contributed by atoms with Gasteiger partial charge in [0.05, 0.1) is 17.5 Å². The van der Waals surface area contributed by atoms with Crippen LogP contribution < -0.4 is 5.32 Å². The molecule has 5 heteroatoms. The van der Waals surface area contributed by atoms with Crippen molar-refractivity contribution in [3.63, 3.8) is 0 Å². The molecule has 1 saturated carbocycles. The fraction of sp³-hybridized carbons (Fsp3) is 1.00. The minimum atomic E-state index is -2.92. The summed E-state index contributed by atoms with van der Waals surface area (Å²) in [6.07, 6.45) is 9.09. The molecular weight excluding hydrogens is 286 g/mol. The van der Waals surface area contributed by atoms with Crippen LogP contribution in [0.5, 0.6) is 0 Å². The van der Waals surface area contributed by atoms with Crippen molar-refractivity contribution in [2.75, 3.05) is 12.8 Å². The fourth-order valence-corrected chi connectivity index (χ4v) is 5.10. The molecule has 5 atom stereocenters.